The van der Waals surface area contributed by atoms with Crippen molar-refractivity contribution < 1.29 is 9.59 Å². The zero-order chi connectivity index (χ0) is 16.7. The minimum absolute atomic E-state index is 0.132. The van der Waals surface area contributed by atoms with E-state index in [1.54, 1.807) is 12.1 Å². The first-order valence-corrected chi connectivity index (χ1v) is 8.74. The molecule has 0 radical (unpaired) electrons. The number of benzene rings is 1. The van der Waals surface area contributed by atoms with E-state index in [2.05, 4.69) is 38.7 Å². The van der Waals surface area contributed by atoms with E-state index >= 15 is 0 Å². The first-order chi connectivity index (χ1) is 11.0. The highest BCUT2D eigenvalue weighted by atomic mass is 79.9. The summed E-state index contributed by atoms with van der Waals surface area (Å²) in [7, 11) is 0. The van der Waals surface area contributed by atoms with Crippen LogP contribution in [0.2, 0.25) is 0 Å². The highest BCUT2D eigenvalue weighted by Crippen LogP contribution is 2.20. The summed E-state index contributed by atoms with van der Waals surface area (Å²) in [5, 5.41) is 6.98. The topological polar surface area (TPSA) is 70.6 Å². The molecule has 5 nitrogen and oxygen atoms in total. The van der Waals surface area contributed by atoms with Crippen LogP contribution in [0.4, 0.5) is 5.69 Å². The summed E-state index contributed by atoms with van der Waals surface area (Å²) in [6.45, 7) is 2.13. The van der Waals surface area contributed by atoms with Gasteiger partial charge in [0.05, 0.1) is 0 Å². The molecule has 2 N–H and O–H groups in total. The van der Waals surface area contributed by atoms with E-state index in [-0.39, 0.29) is 24.7 Å². The molecular formula is C17H22BrN3O2. The number of anilines is 1. The molecule has 0 heterocycles. The van der Waals surface area contributed by atoms with Crippen LogP contribution in [0.5, 0.6) is 0 Å². The summed E-state index contributed by atoms with van der Waals surface area (Å²) < 4.78 is 0.950. The maximum absolute atomic E-state index is 11.8. The largest absolute Gasteiger partial charge is 0.326 e. The fourth-order valence-electron chi connectivity index (χ4n) is 2.51. The van der Waals surface area contributed by atoms with Gasteiger partial charge in [0, 0.05) is 28.7 Å². The molecule has 6 heteroatoms. The lowest BCUT2D eigenvalue weighted by atomic mass is 9.89. The number of carbonyl (C=O) groups is 2. The molecule has 1 aliphatic carbocycles. The fraction of sp³-hybridized carbons (Fsp3) is 0.471. The predicted molar refractivity (Wildman–Crippen MR) is 95.2 cm³/mol. The van der Waals surface area contributed by atoms with Crippen molar-refractivity contribution in [3.63, 3.8) is 0 Å². The smallest absolute Gasteiger partial charge is 0.240 e. The van der Waals surface area contributed by atoms with Gasteiger partial charge in [0.25, 0.3) is 0 Å². The van der Waals surface area contributed by atoms with Gasteiger partial charge in [-0.1, -0.05) is 29.3 Å². The highest BCUT2D eigenvalue weighted by Gasteiger charge is 2.16. The Morgan fingerprint density at radius 1 is 1.17 bits per heavy atom. The number of nitrogens with one attached hydrogen (secondary N) is 2. The molecule has 1 aromatic carbocycles. The van der Waals surface area contributed by atoms with Crippen molar-refractivity contribution in [1.82, 2.24) is 5.43 Å². The number of halogens is 1. The molecule has 2 amide bonds. The van der Waals surface area contributed by atoms with Crippen molar-refractivity contribution in [3.8, 4) is 0 Å². The van der Waals surface area contributed by atoms with Gasteiger partial charge in [0.1, 0.15) is 0 Å². The van der Waals surface area contributed by atoms with Gasteiger partial charge >= 0.3 is 0 Å². The Balaban J connectivity index is 1.72. The number of amides is 2. The first kappa shape index (κ1) is 17.7. The molecule has 1 saturated carbocycles. The maximum atomic E-state index is 11.8. The molecule has 0 bridgehead atoms. The van der Waals surface area contributed by atoms with Crippen molar-refractivity contribution >= 4 is 39.1 Å². The zero-order valence-corrected chi connectivity index (χ0v) is 14.9. The Labute approximate surface area is 145 Å². The molecule has 0 aromatic heterocycles. The van der Waals surface area contributed by atoms with Gasteiger partial charge in [0.15, 0.2) is 0 Å². The van der Waals surface area contributed by atoms with Crippen LogP contribution >= 0.6 is 15.9 Å². The second-order valence-electron chi connectivity index (χ2n) is 5.84. The molecule has 1 aromatic rings. The minimum Gasteiger partial charge on any atom is -0.326 e. The Morgan fingerprint density at radius 2 is 1.87 bits per heavy atom. The average Bonchev–Trinajstić information content (AvgIpc) is 2.54. The lowest BCUT2D eigenvalue weighted by Crippen LogP contribution is -2.25. The highest BCUT2D eigenvalue weighted by molar-refractivity contribution is 9.10. The average molecular weight is 380 g/mol. The monoisotopic (exact) mass is 379 g/mol. The molecule has 1 fully saturated rings. The summed E-state index contributed by atoms with van der Waals surface area (Å²) in [5.41, 5.74) is 4.35. The number of rotatable bonds is 5. The van der Waals surface area contributed by atoms with E-state index in [9.17, 15) is 9.59 Å². The van der Waals surface area contributed by atoms with E-state index in [1.807, 2.05) is 12.1 Å². The van der Waals surface area contributed by atoms with Crippen LogP contribution in [0.15, 0.2) is 33.8 Å². The lowest BCUT2D eigenvalue weighted by Gasteiger charge is -2.19. The van der Waals surface area contributed by atoms with E-state index in [0.29, 0.717) is 5.92 Å². The molecule has 23 heavy (non-hydrogen) atoms. The third-order valence-corrected chi connectivity index (χ3v) is 4.45. The summed E-state index contributed by atoms with van der Waals surface area (Å²) in [4.78, 5) is 23.6. The molecule has 1 aliphatic rings. The predicted octanol–water partition coefficient (Wildman–Crippen LogP) is 3.85. The van der Waals surface area contributed by atoms with Gasteiger partial charge in [-0.15, -0.1) is 0 Å². The molecule has 0 aliphatic heterocycles. The maximum Gasteiger partial charge on any atom is 0.240 e. The van der Waals surface area contributed by atoms with Gasteiger partial charge in [0.2, 0.25) is 11.8 Å². The van der Waals surface area contributed by atoms with Crippen LogP contribution in [0.1, 0.15) is 45.4 Å². The summed E-state index contributed by atoms with van der Waals surface area (Å²) in [5.74, 6) is 0.0344. The summed E-state index contributed by atoms with van der Waals surface area (Å²) in [6, 6.07) is 7.31. The second kappa shape index (κ2) is 8.82. The summed E-state index contributed by atoms with van der Waals surface area (Å²) >= 11 is 3.34. The zero-order valence-electron chi connectivity index (χ0n) is 13.3. The normalized spacial score (nSPS) is 19.4. The van der Waals surface area contributed by atoms with Crippen LogP contribution < -0.4 is 10.7 Å². The standard InChI is InChI=1S/C17H22BrN3O2/c1-12-4-2-3-5-15(12)20-21-17(23)11-10-16(22)19-14-8-6-13(18)7-9-14/h6-9,12H,2-5,10-11H2,1H3,(H,19,22)(H,21,23)/b20-15-/t12-/m0/s1. The minimum atomic E-state index is -0.221. The number of hydrogen-bond acceptors (Lipinski definition) is 3. The van der Waals surface area contributed by atoms with Gasteiger partial charge in [-0.3, -0.25) is 9.59 Å². The van der Waals surface area contributed by atoms with E-state index in [1.165, 1.54) is 6.42 Å². The first-order valence-electron chi connectivity index (χ1n) is 7.95. The molecule has 124 valence electrons. The second-order valence-corrected chi connectivity index (χ2v) is 6.76. The van der Waals surface area contributed by atoms with Crippen molar-refractivity contribution in [1.29, 1.82) is 0 Å². The van der Waals surface area contributed by atoms with Gasteiger partial charge in [-0.25, -0.2) is 5.43 Å². The van der Waals surface area contributed by atoms with E-state index < -0.39 is 0 Å². The Kier molecular flexibility index (Phi) is 6.77. The molecule has 1 atom stereocenters. The third-order valence-electron chi connectivity index (χ3n) is 3.92. The lowest BCUT2D eigenvalue weighted by molar-refractivity contribution is -0.124. The molecular weight excluding hydrogens is 358 g/mol. The molecule has 2 rings (SSSR count). The van der Waals surface area contributed by atoms with Crippen molar-refractivity contribution in [2.24, 2.45) is 11.0 Å². The molecule has 0 saturated heterocycles. The van der Waals surface area contributed by atoms with Crippen LogP contribution in [-0.2, 0) is 9.59 Å². The number of carbonyl (C=O) groups excluding carboxylic acids is 2. The van der Waals surface area contributed by atoms with Crippen molar-refractivity contribution in [2.45, 2.75) is 45.4 Å². The number of nitrogens with zero attached hydrogens (tertiary/aromatic N) is 1. The van der Waals surface area contributed by atoms with Crippen LogP contribution in [0.25, 0.3) is 0 Å². The quantitative estimate of drug-likeness (QED) is 0.762. The number of hydrogen-bond donors (Lipinski definition) is 2. The van der Waals surface area contributed by atoms with Gasteiger partial charge in [-0.05, 0) is 49.4 Å². The van der Waals surface area contributed by atoms with E-state index in [0.717, 1.165) is 35.1 Å². The Morgan fingerprint density at radius 3 is 2.57 bits per heavy atom. The Bertz CT molecular complexity index is 584. The summed E-state index contributed by atoms with van der Waals surface area (Å²) in [6.07, 6.45) is 4.71. The van der Waals surface area contributed by atoms with Crippen molar-refractivity contribution in [2.75, 3.05) is 5.32 Å². The fourth-order valence-corrected chi connectivity index (χ4v) is 2.77. The van der Waals surface area contributed by atoms with Crippen LogP contribution in [0, 0.1) is 5.92 Å². The van der Waals surface area contributed by atoms with E-state index in [4.69, 9.17) is 0 Å². The molecule has 0 spiro atoms. The SMILES string of the molecule is C[C@H]1CCCC/C1=N/NC(=O)CCC(=O)Nc1ccc(Br)cc1. The van der Waals surface area contributed by atoms with Crippen LogP contribution in [0.3, 0.4) is 0 Å². The molecule has 0 unspecified atom stereocenters. The van der Waals surface area contributed by atoms with Crippen molar-refractivity contribution in [3.05, 3.63) is 28.7 Å². The van der Waals surface area contributed by atoms with Crippen LogP contribution in [-0.4, -0.2) is 17.5 Å². The Hall–Kier alpha value is -1.69. The van der Waals surface area contributed by atoms with Gasteiger partial charge in [-0.2, -0.15) is 5.10 Å². The number of hydrazone groups is 1. The van der Waals surface area contributed by atoms with Gasteiger partial charge < -0.3 is 5.32 Å². The third kappa shape index (κ3) is 6.14.